The summed E-state index contributed by atoms with van der Waals surface area (Å²) in [5.41, 5.74) is 0.954. The van der Waals surface area contributed by atoms with Gasteiger partial charge in [0.05, 0.1) is 13.0 Å². The van der Waals surface area contributed by atoms with Gasteiger partial charge in [0.1, 0.15) is 6.04 Å². The molecule has 0 bridgehead atoms. The van der Waals surface area contributed by atoms with Crippen molar-refractivity contribution >= 4 is 11.8 Å². The summed E-state index contributed by atoms with van der Waals surface area (Å²) >= 11 is 0. The Morgan fingerprint density at radius 2 is 2.12 bits per heavy atom. The van der Waals surface area contributed by atoms with Crippen molar-refractivity contribution < 1.29 is 14.1 Å². The third-order valence-electron chi connectivity index (χ3n) is 4.06. The lowest BCUT2D eigenvalue weighted by Crippen LogP contribution is -2.46. The van der Waals surface area contributed by atoms with Gasteiger partial charge in [0, 0.05) is 6.54 Å². The molecule has 1 aromatic heterocycles. The highest BCUT2D eigenvalue weighted by Crippen LogP contribution is 2.19. The zero-order chi connectivity index (χ0) is 16.9. The fraction of sp³-hybridized carbons (Fsp3) is 0.412. The van der Waals surface area contributed by atoms with Crippen LogP contribution in [0.4, 0.5) is 0 Å². The Morgan fingerprint density at radius 1 is 1.33 bits per heavy atom. The zero-order valence-electron chi connectivity index (χ0n) is 13.6. The molecule has 1 atom stereocenters. The highest BCUT2D eigenvalue weighted by molar-refractivity contribution is 5.89. The number of benzene rings is 1. The van der Waals surface area contributed by atoms with Crippen molar-refractivity contribution in [2.75, 3.05) is 6.54 Å². The molecule has 2 heterocycles. The topological polar surface area (TPSA) is 88.3 Å². The van der Waals surface area contributed by atoms with E-state index in [4.69, 9.17) is 4.52 Å². The van der Waals surface area contributed by atoms with E-state index in [0.717, 1.165) is 12.0 Å². The molecule has 1 aliphatic heterocycles. The van der Waals surface area contributed by atoms with Crippen LogP contribution in [0, 0.1) is 6.92 Å². The Labute approximate surface area is 140 Å². The third kappa shape index (κ3) is 3.79. The normalized spacial score (nSPS) is 17.0. The van der Waals surface area contributed by atoms with Crippen molar-refractivity contribution in [3.63, 3.8) is 0 Å². The number of nitrogens with one attached hydrogen (secondary N) is 1. The molecule has 2 amide bonds. The molecule has 3 rings (SSSR count). The molecule has 0 spiro atoms. The van der Waals surface area contributed by atoms with E-state index in [1.54, 1.807) is 11.8 Å². The highest BCUT2D eigenvalue weighted by atomic mass is 16.5. The lowest BCUT2D eigenvalue weighted by atomic mass is 10.1. The minimum Gasteiger partial charge on any atom is -0.345 e. The van der Waals surface area contributed by atoms with Crippen molar-refractivity contribution in [3.8, 4) is 0 Å². The Bertz CT molecular complexity index is 714. The Balaban J connectivity index is 1.57. The first-order valence-electron chi connectivity index (χ1n) is 8.04. The molecular weight excluding hydrogens is 308 g/mol. The first-order valence-corrected chi connectivity index (χ1v) is 8.04. The van der Waals surface area contributed by atoms with Gasteiger partial charge < -0.3 is 14.7 Å². The lowest BCUT2D eigenvalue weighted by Gasteiger charge is -2.23. The third-order valence-corrected chi connectivity index (χ3v) is 4.06. The van der Waals surface area contributed by atoms with Crippen LogP contribution in [0.2, 0.25) is 0 Å². The van der Waals surface area contributed by atoms with Gasteiger partial charge in [-0.1, -0.05) is 35.5 Å². The smallest absolute Gasteiger partial charge is 0.246 e. The van der Waals surface area contributed by atoms with Crippen LogP contribution in [0.3, 0.4) is 0 Å². The predicted molar refractivity (Wildman–Crippen MR) is 85.8 cm³/mol. The van der Waals surface area contributed by atoms with Crippen molar-refractivity contribution in [2.24, 2.45) is 0 Å². The minimum atomic E-state index is -0.426. The van der Waals surface area contributed by atoms with E-state index in [9.17, 15) is 9.59 Å². The van der Waals surface area contributed by atoms with Crippen LogP contribution in [-0.2, 0) is 22.6 Å². The van der Waals surface area contributed by atoms with E-state index >= 15 is 0 Å². The maximum Gasteiger partial charge on any atom is 0.246 e. The van der Waals surface area contributed by atoms with Crippen molar-refractivity contribution in [1.82, 2.24) is 20.4 Å². The molecular formula is C17H20N4O3. The average molecular weight is 328 g/mol. The number of likely N-dealkylation sites (tertiary alicyclic amines) is 1. The first kappa shape index (κ1) is 16.2. The monoisotopic (exact) mass is 328 g/mol. The van der Waals surface area contributed by atoms with Crippen LogP contribution < -0.4 is 5.32 Å². The molecule has 7 heteroatoms. The van der Waals surface area contributed by atoms with Crippen LogP contribution in [0.15, 0.2) is 34.9 Å². The molecule has 1 aromatic carbocycles. The molecule has 0 saturated carbocycles. The number of hydrogen-bond acceptors (Lipinski definition) is 5. The number of amides is 2. The number of nitrogens with zero attached hydrogens (tertiary/aromatic N) is 3. The number of rotatable bonds is 5. The number of carbonyl (C=O) groups excluding carboxylic acids is 2. The number of carbonyl (C=O) groups is 2. The Hall–Kier alpha value is -2.70. The molecule has 1 saturated heterocycles. The van der Waals surface area contributed by atoms with Gasteiger partial charge in [-0.3, -0.25) is 9.59 Å². The number of hydrogen-bond donors (Lipinski definition) is 1. The minimum absolute atomic E-state index is 0.0208. The van der Waals surface area contributed by atoms with Gasteiger partial charge in [0.15, 0.2) is 5.82 Å². The summed E-state index contributed by atoms with van der Waals surface area (Å²) in [6, 6.07) is 9.14. The molecule has 24 heavy (non-hydrogen) atoms. The van der Waals surface area contributed by atoms with Gasteiger partial charge in [0.25, 0.3) is 0 Å². The number of aromatic nitrogens is 2. The lowest BCUT2D eigenvalue weighted by molar-refractivity contribution is -0.138. The molecule has 0 aliphatic carbocycles. The molecule has 126 valence electrons. The van der Waals surface area contributed by atoms with E-state index in [0.29, 0.717) is 31.1 Å². The van der Waals surface area contributed by atoms with Crippen LogP contribution >= 0.6 is 0 Å². The summed E-state index contributed by atoms with van der Waals surface area (Å²) < 4.78 is 4.97. The number of aryl methyl sites for hydroxylation is 1. The highest BCUT2D eigenvalue weighted by Gasteiger charge is 2.33. The molecule has 1 aliphatic rings. The standard InChI is InChI=1S/C17H20N4O3/c1-12-19-15(24-20-12)11-18-17(23)14-8-5-9-21(14)16(22)10-13-6-3-2-4-7-13/h2-4,6-7,14H,5,8-11H2,1H3,(H,18,23). The SMILES string of the molecule is Cc1noc(CNC(=O)C2CCCN2C(=O)Cc2ccccc2)n1. The van der Waals surface area contributed by atoms with Gasteiger partial charge in [-0.25, -0.2) is 0 Å². The molecule has 1 fully saturated rings. The average Bonchev–Trinajstić information content (AvgIpc) is 3.22. The van der Waals surface area contributed by atoms with E-state index in [1.165, 1.54) is 0 Å². The van der Waals surface area contributed by atoms with Gasteiger partial charge in [-0.2, -0.15) is 4.98 Å². The molecule has 1 unspecified atom stereocenters. The van der Waals surface area contributed by atoms with Crippen molar-refractivity contribution in [2.45, 2.75) is 38.8 Å². The van der Waals surface area contributed by atoms with E-state index in [2.05, 4.69) is 15.5 Å². The molecule has 7 nitrogen and oxygen atoms in total. The molecule has 0 radical (unpaired) electrons. The van der Waals surface area contributed by atoms with Crippen LogP contribution in [-0.4, -0.2) is 39.4 Å². The molecule has 1 N–H and O–H groups in total. The summed E-state index contributed by atoms with van der Waals surface area (Å²) in [4.78, 5) is 30.6. The second-order valence-corrected chi connectivity index (χ2v) is 5.86. The summed E-state index contributed by atoms with van der Waals surface area (Å²) in [5.74, 6) is 0.693. The zero-order valence-corrected chi connectivity index (χ0v) is 13.6. The first-order chi connectivity index (χ1) is 11.6. The Kier molecular flexibility index (Phi) is 4.88. The molecule has 2 aromatic rings. The summed E-state index contributed by atoms with van der Waals surface area (Å²) in [7, 11) is 0. The maximum atomic E-state index is 12.5. The van der Waals surface area contributed by atoms with E-state index in [1.807, 2.05) is 30.3 Å². The van der Waals surface area contributed by atoms with Crippen molar-refractivity contribution in [3.05, 3.63) is 47.6 Å². The summed E-state index contributed by atoms with van der Waals surface area (Å²) in [6.45, 7) is 2.51. The largest absolute Gasteiger partial charge is 0.345 e. The second-order valence-electron chi connectivity index (χ2n) is 5.86. The van der Waals surface area contributed by atoms with E-state index in [-0.39, 0.29) is 18.4 Å². The van der Waals surface area contributed by atoms with Gasteiger partial charge >= 0.3 is 0 Å². The fourth-order valence-corrected chi connectivity index (χ4v) is 2.90. The second kappa shape index (κ2) is 7.25. The summed E-state index contributed by atoms with van der Waals surface area (Å²) in [5, 5.41) is 6.45. The van der Waals surface area contributed by atoms with Crippen LogP contribution in [0.25, 0.3) is 0 Å². The van der Waals surface area contributed by atoms with Gasteiger partial charge in [-0.05, 0) is 25.3 Å². The van der Waals surface area contributed by atoms with Crippen LogP contribution in [0.5, 0.6) is 0 Å². The van der Waals surface area contributed by atoms with E-state index < -0.39 is 6.04 Å². The predicted octanol–water partition coefficient (Wildman–Crippen LogP) is 1.23. The summed E-state index contributed by atoms with van der Waals surface area (Å²) in [6.07, 6.45) is 1.82. The fourth-order valence-electron chi connectivity index (χ4n) is 2.90. The van der Waals surface area contributed by atoms with Crippen molar-refractivity contribution in [1.29, 1.82) is 0 Å². The van der Waals surface area contributed by atoms with Crippen LogP contribution in [0.1, 0.15) is 30.1 Å². The quantitative estimate of drug-likeness (QED) is 0.892. The maximum absolute atomic E-state index is 12.5. The van der Waals surface area contributed by atoms with Gasteiger partial charge in [-0.15, -0.1) is 0 Å². The van der Waals surface area contributed by atoms with Gasteiger partial charge in [0.2, 0.25) is 17.7 Å². The Morgan fingerprint density at radius 3 is 2.83 bits per heavy atom.